The highest BCUT2D eigenvalue weighted by Crippen LogP contribution is 2.28. The first-order chi connectivity index (χ1) is 8.70. The highest BCUT2D eigenvalue weighted by Gasteiger charge is 2.17. The number of hydrazine groups is 1. The predicted octanol–water partition coefficient (Wildman–Crippen LogP) is 2.20. The van der Waals surface area contributed by atoms with Gasteiger partial charge in [-0.25, -0.2) is 0 Å². The molecule has 1 saturated carbocycles. The van der Waals surface area contributed by atoms with Gasteiger partial charge in [-0.05, 0) is 37.0 Å². The Hall–Kier alpha value is -1.55. The van der Waals surface area contributed by atoms with Crippen LogP contribution in [0.15, 0.2) is 18.2 Å². The Bertz CT molecular complexity index is 427. The van der Waals surface area contributed by atoms with Crippen LogP contribution in [0.4, 0.5) is 5.69 Å². The molecular formula is C14H21N3O. The lowest BCUT2D eigenvalue weighted by atomic mass is 9.83. The molecule has 0 heterocycles. The number of nitrogen functional groups attached to an aromatic ring is 1. The van der Waals surface area contributed by atoms with Gasteiger partial charge in [0, 0.05) is 6.54 Å². The number of anilines is 1. The van der Waals surface area contributed by atoms with Crippen molar-refractivity contribution in [2.75, 3.05) is 12.0 Å². The molecule has 1 aliphatic rings. The number of rotatable bonds is 5. The number of benzene rings is 1. The Balaban J connectivity index is 1.90. The van der Waals surface area contributed by atoms with Crippen LogP contribution in [0.25, 0.3) is 0 Å². The molecule has 0 unspecified atom stereocenters. The van der Waals surface area contributed by atoms with Crippen LogP contribution in [-0.4, -0.2) is 12.5 Å². The van der Waals surface area contributed by atoms with E-state index in [1.165, 1.54) is 19.3 Å². The molecule has 0 aromatic heterocycles. The molecule has 0 saturated heterocycles. The Kier molecular flexibility index (Phi) is 4.20. The minimum atomic E-state index is -0.0535. The van der Waals surface area contributed by atoms with Crippen LogP contribution in [-0.2, 0) is 0 Å². The summed E-state index contributed by atoms with van der Waals surface area (Å²) in [4.78, 5) is 12.0. The highest BCUT2D eigenvalue weighted by molar-refractivity contribution is 5.99. The summed E-state index contributed by atoms with van der Waals surface area (Å²) < 4.78 is 0. The molecule has 1 amide bonds. The number of aryl methyl sites for hydroxylation is 1. The van der Waals surface area contributed by atoms with Gasteiger partial charge in [0.25, 0.3) is 5.91 Å². The average Bonchev–Trinajstić information content (AvgIpc) is 2.31. The van der Waals surface area contributed by atoms with Crippen molar-refractivity contribution in [1.82, 2.24) is 5.32 Å². The molecule has 1 aliphatic carbocycles. The Morgan fingerprint density at radius 3 is 2.83 bits per heavy atom. The van der Waals surface area contributed by atoms with Crippen molar-refractivity contribution in [3.63, 3.8) is 0 Å². The molecule has 0 bridgehead atoms. The van der Waals surface area contributed by atoms with Gasteiger partial charge >= 0.3 is 0 Å². The first-order valence-corrected chi connectivity index (χ1v) is 6.56. The van der Waals surface area contributed by atoms with Gasteiger partial charge in [0.1, 0.15) is 0 Å². The molecule has 1 aromatic rings. The summed E-state index contributed by atoms with van der Waals surface area (Å²) in [5.41, 5.74) is 4.94. The van der Waals surface area contributed by atoms with Gasteiger partial charge in [0.2, 0.25) is 0 Å². The zero-order valence-corrected chi connectivity index (χ0v) is 10.8. The van der Waals surface area contributed by atoms with E-state index >= 15 is 0 Å². The lowest BCUT2D eigenvalue weighted by Crippen LogP contribution is -2.28. The SMILES string of the molecule is Cc1ccc(C(=O)NCCC2CCC2)c(NN)c1. The average molecular weight is 247 g/mol. The second-order valence-corrected chi connectivity index (χ2v) is 5.03. The first-order valence-electron chi connectivity index (χ1n) is 6.56. The van der Waals surface area contributed by atoms with Crippen LogP contribution in [0.5, 0.6) is 0 Å². The molecule has 1 fully saturated rings. The second-order valence-electron chi connectivity index (χ2n) is 5.03. The summed E-state index contributed by atoms with van der Waals surface area (Å²) in [6, 6.07) is 5.60. The van der Waals surface area contributed by atoms with Gasteiger partial charge in [0.15, 0.2) is 0 Å². The molecule has 0 atom stereocenters. The largest absolute Gasteiger partial charge is 0.352 e. The topological polar surface area (TPSA) is 67.2 Å². The van der Waals surface area contributed by atoms with Crippen molar-refractivity contribution in [3.05, 3.63) is 29.3 Å². The third-order valence-electron chi connectivity index (χ3n) is 3.64. The molecule has 4 nitrogen and oxygen atoms in total. The van der Waals surface area contributed by atoms with E-state index in [1.54, 1.807) is 0 Å². The van der Waals surface area contributed by atoms with Crippen molar-refractivity contribution in [2.45, 2.75) is 32.6 Å². The molecule has 0 radical (unpaired) electrons. The third-order valence-corrected chi connectivity index (χ3v) is 3.64. The van der Waals surface area contributed by atoms with Gasteiger partial charge < -0.3 is 10.7 Å². The molecular weight excluding hydrogens is 226 g/mol. The summed E-state index contributed by atoms with van der Waals surface area (Å²) in [6.45, 7) is 2.72. The highest BCUT2D eigenvalue weighted by atomic mass is 16.1. The minimum absolute atomic E-state index is 0.0535. The lowest BCUT2D eigenvalue weighted by Gasteiger charge is -2.25. The van der Waals surface area contributed by atoms with Gasteiger partial charge in [-0.1, -0.05) is 25.3 Å². The standard InChI is InChI=1S/C14H21N3O/c1-10-5-6-12(13(9-10)17-15)14(18)16-8-7-11-3-2-4-11/h5-6,9,11,17H,2-4,7-8,15H2,1H3,(H,16,18). The minimum Gasteiger partial charge on any atom is -0.352 e. The maximum absolute atomic E-state index is 12.0. The van der Waals surface area contributed by atoms with E-state index in [1.807, 2.05) is 25.1 Å². The monoisotopic (exact) mass is 247 g/mol. The van der Waals surface area contributed by atoms with Crippen molar-refractivity contribution < 1.29 is 4.79 Å². The Morgan fingerprint density at radius 2 is 2.22 bits per heavy atom. The van der Waals surface area contributed by atoms with Crippen molar-refractivity contribution in [3.8, 4) is 0 Å². The Morgan fingerprint density at radius 1 is 1.44 bits per heavy atom. The lowest BCUT2D eigenvalue weighted by molar-refractivity contribution is 0.0950. The van der Waals surface area contributed by atoms with Gasteiger partial charge in [0.05, 0.1) is 11.3 Å². The Labute approximate surface area is 108 Å². The van der Waals surface area contributed by atoms with E-state index < -0.39 is 0 Å². The number of nitrogens with two attached hydrogens (primary N) is 1. The summed E-state index contributed by atoms with van der Waals surface area (Å²) in [5.74, 6) is 6.20. The summed E-state index contributed by atoms with van der Waals surface area (Å²) in [5, 5.41) is 2.96. The smallest absolute Gasteiger partial charge is 0.253 e. The van der Waals surface area contributed by atoms with Gasteiger partial charge in [-0.3, -0.25) is 10.6 Å². The molecule has 0 aliphatic heterocycles. The van der Waals surface area contributed by atoms with Crippen LogP contribution in [0, 0.1) is 12.8 Å². The molecule has 1 aromatic carbocycles. The fourth-order valence-corrected chi connectivity index (χ4v) is 2.24. The molecule has 18 heavy (non-hydrogen) atoms. The van der Waals surface area contributed by atoms with E-state index in [0.717, 1.165) is 24.4 Å². The molecule has 98 valence electrons. The second kappa shape index (κ2) is 5.87. The molecule has 2 rings (SSSR count). The number of nitrogens with one attached hydrogen (secondary N) is 2. The van der Waals surface area contributed by atoms with E-state index in [0.29, 0.717) is 11.3 Å². The number of hydrogen-bond donors (Lipinski definition) is 3. The summed E-state index contributed by atoms with van der Waals surface area (Å²) >= 11 is 0. The normalized spacial score (nSPS) is 15.0. The van der Waals surface area contributed by atoms with Crippen LogP contribution in [0.2, 0.25) is 0 Å². The zero-order valence-electron chi connectivity index (χ0n) is 10.8. The number of carbonyl (C=O) groups is 1. The number of amides is 1. The van der Waals surface area contributed by atoms with E-state index in [9.17, 15) is 4.79 Å². The van der Waals surface area contributed by atoms with Gasteiger partial charge in [-0.2, -0.15) is 0 Å². The van der Waals surface area contributed by atoms with Crippen molar-refractivity contribution in [1.29, 1.82) is 0 Å². The maximum Gasteiger partial charge on any atom is 0.253 e. The van der Waals surface area contributed by atoms with E-state index in [-0.39, 0.29) is 5.91 Å². The van der Waals surface area contributed by atoms with E-state index in [2.05, 4.69) is 10.7 Å². The van der Waals surface area contributed by atoms with Crippen LogP contribution < -0.4 is 16.6 Å². The maximum atomic E-state index is 12.0. The van der Waals surface area contributed by atoms with Crippen molar-refractivity contribution in [2.24, 2.45) is 11.8 Å². The number of hydrogen-bond acceptors (Lipinski definition) is 3. The first kappa shape index (κ1) is 12.9. The van der Waals surface area contributed by atoms with Crippen molar-refractivity contribution >= 4 is 11.6 Å². The summed E-state index contributed by atoms with van der Waals surface area (Å²) in [6.07, 6.45) is 5.06. The van der Waals surface area contributed by atoms with Crippen LogP contribution in [0.3, 0.4) is 0 Å². The predicted molar refractivity (Wildman–Crippen MR) is 73.3 cm³/mol. The molecule has 0 spiro atoms. The number of carbonyl (C=O) groups excluding carboxylic acids is 1. The summed E-state index contributed by atoms with van der Waals surface area (Å²) in [7, 11) is 0. The van der Waals surface area contributed by atoms with E-state index in [4.69, 9.17) is 5.84 Å². The zero-order chi connectivity index (χ0) is 13.0. The van der Waals surface area contributed by atoms with Crippen LogP contribution in [0.1, 0.15) is 41.6 Å². The fraction of sp³-hybridized carbons (Fsp3) is 0.500. The molecule has 4 heteroatoms. The fourth-order valence-electron chi connectivity index (χ4n) is 2.24. The molecule has 4 N–H and O–H groups in total. The van der Waals surface area contributed by atoms with Crippen LogP contribution >= 0.6 is 0 Å². The quantitative estimate of drug-likeness (QED) is 0.552. The van der Waals surface area contributed by atoms with Gasteiger partial charge in [-0.15, -0.1) is 0 Å². The third kappa shape index (κ3) is 3.01.